The fraction of sp³-hybridized carbons (Fsp3) is 0.286. The molecule has 1 fully saturated rings. The third-order valence-corrected chi connectivity index (χ3v) is 4.95. The minimum absolute atomic E-state index is 0.106. The van der Waals surface area contributed by atoms with Crippen LogP contribution in [-0.4, -0.2) is 42.4 Å². The van der Waals surface area contributed by atoms with Crippen molar-refractivity contribution < 1.29 is 18.8 Å². The Balaban J connectivity index is 1.38. The standard InChI is InChI=1S/C21H22N4O3/c26-20(16-5-7-17(8-6-16)21-24-23-15-28-21)22-13-18-3-1-2-4-19(18)14-25-9-11-27-12-10-25/h1-8,15H,9-14H2,(H,22,26)/p+1. The van der Waals surface area contributed by atoms with Gasteiger partial charge in [-0.1, -0.05) is 24.3 Å². The number of carbonyl (C=O) groups excluding carboxylic acids is 1. The molecule has 2 heterocycles. The highest BCUT2D eigenvalue weighted by Gasteiger charge is 2.16. The van der Waals surface area contributed by atoms with E-state index in [1.165, 1.54) is 16.9 Å². The summed E-state index contributed by atoms with van der Waals surface area (Å²) < 4.78 is 10.6. The van der Waals surface area contributed by atoms with E-state index in [4.69, 9.17) is 9.15 Å². The molecule has 3 aromatic rings. The number of morpholine rings is 1. The fourth-order valence-corrected chi connectivity index (χ4v) is 3.35. The van der Waals surface area contributed by atoms with Gasteiger partial charge in [0, 0.05) is 23.2 Å². The molecule has 0 atom stereocenters. The van der Waals surface area contributed by atoms with Gasteiger partial charge in [-0.05, 0) is 29.8 Å². The molecule has 0 aliphatic carbocycles. The van der Waals surface area contributed by atoms with Crippen LogP contribution < -0.4 is 10.2 Å². The second-order valence-corrected chi connectivity index (χ2v) is 6.81. The lowest BCUT2D eigenvalue weighted by Gasteiger charge is -2.24. The second kappa shape index (κ2) is 8.77. The average molecular weight is 379 g/mol. The topological polar surface area (TPSA) is 81.7 Å². The van der Waals surface area contributed by atoms with E-state index in [0.717, 1.165) is 44.0 Å². The number of nitrogens with one attached hydrogen (secondary N) is 2. The molecule has 0 bridgehead atoms. The molecule has 2 N–H and O–H groups in total. The van der Waals surface area contributed by atoms with Gasteiger partial charge in [0.15, 0.2) is 0 Å². The lowest BCUT2D eigenvalue weighted by molar-refractivity contribution is -0.921. The molecule has 7 nitrogen and oxygen atoms in total. The number of hydrogen-bond donors (Lipinski definition) is 2. The maximum Gasteiger partial charge on any atom is 0.251 e. The van der Waals surface area contributed by atoms with Crippen molar-refractivity contribution in [1.29, 1.82) is 0 Å². The summed E-state index contributed by atoms with van der Waals surface area (Å²) in [6, 6.07) is 15.4. The predicted molar refractivity (Wildman–Crippen MR) is 103 cm³/mol. The van der Waals surface area contributed by atoms with E-state index in [1.807, 2.05) is 6.07 Å². The summed E-state index contributed by atoms with van der Waals surface area (Å²) in [5.41, 5.74) is 3.80. The lowest BCUT2D eigenvalue weighted by Crippen LogP contribution is -3.12. The van der Waals surface area contributed by atoms with Gasteiger partial charge < -0.3 is 19.4 Å². The monoisotopic (exact) mass is 379 g/mol. The van der Waals surface area contributed by atoms with E-state index in [2.05, 4.69) is 33.7 Å². The van der Waals surface area contributed by atoms with Gasteiger partial charge in [0.1, 0.15) is 19.6 Å². The average Bonchev–Trinajstić information content (AvgIpc) is 3.29. The number of aromatic nitrogens is 2. The maximum absolute atomic E-state index is 12.5. The highest BCUT2D eigenvalue weighted by Crippen LogP contribution is 2.16. The summed E-state index contributed by atoms with van der Waals surface area (Å²) in [5.74, 6) is 0.331. The molecule has 1 aliphatic heterocycles. The van der Waals surface area contributed by atoms with Crippen LogP contribution in [0.5, 0.6) is 0 Å². The summed E-state index contributed by atoms with van der Waals surface area (Å²) in [7, 11) is 0. The van der Waals surface area contributed by atoms with E-state index >= 15 is 0 Å². The van der Waals surface area contributed by atoms with Crippen molar-refractivity contribution >= 4 is 5.91 Å². The number of hydrogen-bond acceptors (Lipinski definition) is 5. The van der Waals surface area contributed by atoms with Gasteiger partial charge >= 0.3 is 0 Å². The van der Waals surface area contributed by atoms with Crippen molar-refractivity contribution in [2.24, 2.45) is 0 Å². The normalized spacial score (nSPS) is 14.7. The Morgan fingerprint density at radius 2 is 1.79 bits per heavy atom. The fourth-order valence-electron chi connectivity index (χ4n) is 3.35. The van der Waals surface area contributed by atoms with Crippen molar-refractivity contribution in [3.63, 3.8) is 0 Å². The van der Waals surface area contributed by atoms with E-state index < -0.39 is 0 Å². The molecular formula is C21H23N4O3+. The molecule has 1 saturated heterocycles. The summed E-state index contributed by atoms with van der Waals surface area (Å²) in [6.07, 6.45) is 1.28. The van der Waals surface area contributed by atoms with Crippen LogP contribution >= 0.6 is 0 Å². The first-order valence-corrected chi connectivity index (χ1v) is 9.42. The minimum atomic E-state index is -0.106. The summed E-state index contributed by atoms with van der Waals surface area (Å²) in [6.45, 7) is 5.13. The molecule has 0 radical (unpaired) electrons. The van der Waals surface area contributed by atoms with Gasteiger partial charge in [0.2, 0.25) is 12.3 Å². The molecule has 2 aromatic carbocycles. The molecule has 0 spiro atoms. The van der Waals surface area contributed by atoms with E-state index in [-0.39, 0.29) is 5.91 Å². The molecule has 1 aliphatic rings. The van der Waals surface area contributed by atoms with Crippen LogP contribution in [0.1, 0.15) is 21.5 Å². The van der Waals surface area contributed by atoms with E-state index in [9.17, 15) is 4.79 Å². The zero-order valence-corrected chi connectivity index (χ0v) is 15.6. The molecule has 4 rings (SSSR count). The Labute approximate surface area is 163 Å². The van der Waals surface area contributed by atoms with Crippen molar-refractivity contribution in [2.45, 2.75) is 13.1 Å². The van der Waals surface area contributed by atoms with Gasteiger partial charge in [0.25, 0.3) is 5.91 Å². The van der Waals surface area contributed by atoms with Crippen LogP contribution in [0.3, 0.4) is 0 Å². The van der Waals surface area contributed by atoms with E-state index in [1.54, 1.807) is 24.3 Å². The van der Waals surface area contributed by atoms with Gasteiger partial charge in [-0.2, -0.15) is 0 Å². The second-order valence-electron chi connectivity index (χ2n) is 6.81. The van der Waals surface area contributed by atoms with Gasteiger partial charge in [-0.25, -0.2) is 0 Å². The van der Waals surface area contributed by atoms with E-state index in [0.29, 0.717) is 18.0 Å². The zero-order valence-electron chi connectivity index (χ0n) is 15.6. The zero-order chi connectivity index (χ0) is 19.2. The number of amides is 1. The Kier molecular flexibility index (Phi) is 5.75. The molecular weight excluding hydrogens is 356 g/mol. The van der Waals surface area contributed by atoms with Crippen LogP contribution in [0.2, 0.25) is 0 Å². The SMILES string of the molecule is O=C(NCc1ccccc1C[NH+]1CCOCC1)c1ccc(-c2nnco2)cc1. The first-order chi connectivity index (χ1) is 13.8. The number of carbonyl (C=O) groups is 1. The highest BCUT2D eigenvalue weighted by molar-refractivity contribution is 5.94. The highest BCUT2D eigenvalue weighted by atomic mass is 16.5. The van der Waals surface area contributed by atoms with Gasteiger partial charge in [-0.15, -0.1) is 10.2 Å². The molecule has 0 unspecified atom stereocenters. The number of quaternary nitrogens is 1. The number of ether oxygens (including phenoxy) is 1. The minimum Gasteiger partial charge on any atom is -0.423 e. The molecule has 0 saturated carbocycles. The predicted octanol–water partition coefficient (Wildman–Crippen LogP) is 1.08. The first-order valence-electron chi connectivity index (χ1n) is 9.42. The summed E-state index contributed by atoms with van der Waals surface area (Å²) in [5, 5.41) is 10.6. The van der Waals surface area contributed by atoms with Crippen molar-refractivity contribution in [1.82, 2.24) is 15.5 Å². The quantitative estimate of drug-likeness (QED) is 0.670. The van der Waals surface area contributed by atoms with Crippen LogP contribution in [0.15, 0.2) is 59.3 Å². The van der Waals surface area contributed by atoms with Crippen molar-refractivity contribution in [3.05, 3.63) is 71.6 Å². The number of nitrogens with zero attached hydrogens (tertiary/aromatic N) is 2. The smallest absolute Gasteiger partial charge is 0.251 e. The lowest BCUT2D eigenvalue weighted by atomic mass is 10.1. The molecule has 144 valence electrons. The van der Waals surface area contributed by atoms with Crippen LogP contribution in [0.25, 0.3) is 11.5 Å². The Morgan fingerprint density at radius 3 is 2.50 bits per heavy atom. The van der Waals surface area contributed by atoms with Crippen LogP contribution in [-0.2, 0) is 17.8 Å². The summed E-state index contributed by atoms with van der Waals surface area (Å²) >= 11 is 0. The molecule has 1 aromatic heterocycles. The number of rotatable bonds is 6. The Bertz CT molecular complexity index is 904. The Morgan fingerprint density at radius 1 is 1.04 bits per heavy atom. The Hall–Kier alpha value is -3.03. The maximum atomic E-state index is 12.5. The third kappa shape index (κ3) is 4.44. The van der Waals surface area contributed by atoms with Crippen LogP contribution in [0.4, 0.5) is 0 Å². The first kappa shape index (κ1) is 18.3. The number of benzene rings is 2. The molecule has 7 heteroatoms. The van der Waals surface area contributed by atoms with Crippen molar-refractivity contribution in [3.8, 4) is 11.5 Å². The van der Waals surface area contributed by atoms with Gasteiger partial charge in [-0.3, -0.25) is 4.79 Å². The largest absolute Gasteiger partial charge is 0.423 e. The van der Waals surface area contributed by atoms with Crippen molar-refractivity contribution in [2.75, 3.05) is 26.3 Å². The van der Waals surface area contributed by atoms with Gasteiger partial charge in [0.05, 0.1) is 13.2 Å². The molecule has 28 heavy (non-hydrogen) atoms. The van der Waals surface area contributed by atoms with Crippen LogP contribution in [0, 0.1) is 0 Å². The molecule has 1 amide bonds. The third-order valence-electron chi connectivity index (χ3n) is 4.95. The summed E-state index contributed by atoms with van der Waals surface area (Å²) in [4.78, 5) is 14.0.